The Labute approximate surface area is 119 Å². The Morgan fingerprint density at radius 1 is 1.35 bits per heavy atom. The second kappa shape index (κ2) is 5.65. The molecule has 1 N–H and O–H groups in total. The number of carbonyl (C=O) groups excluding carboxylic acids is 1. The first kappa shape index (κ1) is 15.2. The molecule has 0 radical (unpaired) electrons. The molecule has 1 aromatic rings. The van der Waals surface area contributed by atoms with Crippen LogP contribution in [0.4, 0.5) is 8.78 Å². The first-order valence-corrected chi connectivity index (χ1v) is 8.32. The second-order valence-corrected chi connectivity index (χ2v) is 7.24. The highest BCUT2D eigenvalue weighted by molar-refractivity contribution is 8.13. The summed E-state index contributed by atoms with van der Waals surface area (Å²) in [6.07, 6.45) is 3.05. The molecule has 1 fully saturated rings. The molecule has 1 aliphatic carbocycles. The van der Waals surface area contributed by atoms with Gasteiger partial charge in [-0.3, -0.25) is 4.79 Å². The Hall–Kier alpha value is -1.21. The quantitative estimate of drug-likeness (QED) is 0.866. The molecule has 0 spiro atoms. The molecule has 110 valence electrons. The molecule has 1 saturated carbocycles. The van der Waals surface area contributed by atoms with Crippen molar-refractivity contribution in [1.82, 2.24) is 5.32 Å². The van der Waals surface area contributed by atoms with Gasteiger partial charge in [0.25, 0.3) is 15.0 Å². The molecule has 4 nitrogen and oxygen atoms in total. The van der Waals surface area contributed by atoms with Gasteiger partial charge in [-0.05, 0) is 30.9 Å². The summed E-state index contributed by atoms with van der Waals surface area (Å²) in [6.45, 7) is 0.359. The SMILES string of the molecule is O=C(NCC1CCC1)c1cc(F)cc(S(=O)(=O)Cl)c1F. The lowest BCUT2D eigenvalue weighted by Crippen LogP contribution is -2.32. The maximum absolute atomic E-state index is 13.9. The molecule has 0 unspecified atom stereocenters. The van der Waals surface area contributed by atoms with Crippen molar-refractivity contribution in [3.05, 3.63) is 29.3 Å². The van der Waals surface area contributed by atoms with Crippen molar-refractivity contribution >= 4 is 25.6 Å². The number of carbonyl (C=O) groups is 1. The highest BCUT2D eigenvalue weighted by Crippen LogP contribution is 2.26. The van der Waals surface area contributed by atoms with Gasteiger partial charge in [0, 0.05) is 17.2 Å². The summed E-state index contributed by atoms with van der Waals surface area (Å²) >= 11 is 0. The predicted molar refractivity (Wildman–Crippen MR) is 69.1 cm³/mol. The van der Waals surface area contributed by atoms with Crippen molar-refractivity contribution in [2.75, 3.05) is 6.54 Å². The number of halogens is 3. The number of hydrogen-bond acceptors (Lipinski definition) is 3. The summed E-state index contributed by atoms with van der Waals surface area (Å²) in [4.78, 5) is 10.8. The number of benzene rings is 1. The van der Waals surface area contributed by atoms with Crippen molar-refractivity contribution in [2.45, 2.75) is 24.2 Å². The molecule has 0 aromatic heterocycles. The highest BCUT2D eigenvalue weighted by Gasteiger charge is 2.25. The van der Waals surface area contributed by atoms with Gasteiger partial charge in [-0.25, -0.2) is 17.2 Å². The standard InChI is InChI=1S/C12H12ClF2NO3S/c13-20(18,19)10-5-8(14)4-9(11(10)15)12(17)16-6-7-2-1-3-7/h4-5,7H,1-3,6H2,(H,16,17). The van der Waals surface area contributed by atoms with Crippen LogP contribution in [0.3, 0.4) is 0 Å². The fourth-order valence-corrected chi connectivity index (χ4v) is 2.85. The van der Waals surface area contributed by atoms with Gasteiger partial charge >= 0.3 is 0 Å². The van der Waals surface area contributed by atoms with Crippen molar-refractivity contribution in [3.63, 3.8) is 0 Å². The van der Waals surface area contributed by atoms with Gasteiger partial charge in [0.15, 0.2) is 5.82 Å². The first-order valence-electron chi connectivity index (χ1n) is 6.01. The van der Waals surface area contributed by atoms with Crippen LogP contribution < -0.4 is 5.32 Å². The summed E-state index contributed by atoms with van der Waals surface area (Å²) in [7, 11) is 0.546. The van der Waals surface area contributed by atoms with E-state index in [0.717, 1.165) is 19.3 Å². The molecule has 1 amide bonds. The van der Waals surface area contributed by atoms with Crippen LogP contribution in [-0.4, -0.2) is 20.9 Å². The molecule has 1 aromatic carbocycles. The lowest BCUT2D eigenvalue weighted by atomic mass is 9.85. The molecule has 1 aliphatic rings. The van der Waals surface area contributed by atoms with Gasteiger partial charge in [0.1, 0.15) is 10.7 Å². The lowest BCUT2D eigenvalue weighted by molar-refractivity contribution is 0.0934. The van der Waals surface area contributed by atoms with Crippen LogP contribution in [0.2, 0.25) is 0 Å². The second-order valence-electron chi connectivity index (χ2n) is 4.71. The first-order chi connectivity index (χ1) is 9.29. The van der Waals surface area contributed by atoms with E-state index in [1.165, 1.54) is 0 Å². The average molecular weight is 324 g/mol. The van der Waals surface area contributed by atoms with Gasteiger partial charge in [-0.15, -0.1) is 0 Å². The third-order valence-electron chi connectivity index (χ3n) is 3.29. The van der Waals surface area contributed by atoms with Crippen LogP contribution in [0.25, 0.3) is 0 Å². The van der Waals surface area contributed by atoms with Gasteiger partial charge in [0.05, 0.1) is 5.56 Å². The van der Waals surface area contributed by atoms with Crippen molar-refractivity contribution < 1.29 is 22.0 Å². The Kier molecular flexibility index (Phi) is 4.29. The van der Waals surface area contributed by atoms with Crippen molar-refractivity contribution in [2.24, 2.45) is 5.92 Å². The number of amides is 1. The Morgan fingerprint density at radius 3 is 2.50 bits per heavy atom. The summed E-state index contributed by atoms with van der Waals surface area (Å²) < 4.78 is 49.5. The van der Waals surface area contributed by atoms with Gasteiger partial charge in [0.2, 0.25) is 0 Å². The van der Waals surface area contributed by atoms with E-state index in [1.54, 1.807) is 0 Å². The topological polar surface area (TPSA) is 63.2 Å². The van der Waals surface area contributed by atoms with E-state index >= 15 is 0 Å². The Balaban J connectivity index is 2.26. The average Bonchev–Trinajstić information content (AvgIpc) is 2.28. The van der Waals surface area contributed by atoms with E-state index in [4.69, 9.17) is 10.7 Å². The van der Waals surface area contributed by atoms with Crippen LogP contribution >= 0.6 is 10.7 Å². The van der Waals surface area contributed by atoms with Crippen LogP contribution in [0, 0.1) is 17.6 Å². The van der Waals surface area contributed by atoms with Gasteiger partial charge in [-0.1, -0.05) is 6.42 Å². The summed E-state index contributed by atoms with van der Waals surface area (Å²) in [5, 5.41) is 2.46. The van der Waals surface area contributed by atoms with E-state index in [-0.39, 0.29) is 0 Å². The summed E-state index contributed by atoms with van der Waals surface area (Å²) in [5.41, 5.74) is -0.663. The third kappa shape index (κ3) is 3.27. The normalized spacial score (nSPS) is 15.8. The number of rotatable bonds is 4. The van der Waals surface area contributed by atoms with Gasteiger partial charge < -0.3 is 5.32 Å². The van der Waals surface area contributed by atoms with E-state index in [2.05, 4.69) is 5.32 Å². The van der Waals surface area contributed by atoms with Crippen LogP contribution in [0.1, 0.15) is 29.6 Å². The Morgan fingerprint density at radius 2 is 2.00 bits per heavy atom. The zero-order valence-electron chi connectivity index (χ0n) is 10.3. The molecule has 8 heteroatoms. The smallest absolute Gasteiger partial charge is 0.264 e. The van der Waals surface area contributed by atoms with Crippen molar-refractivity contribution in [1.29, 1.82) is 0 Å². The van der Waals surface area contributed by atoms with Crippen LogP contribution in [-0.2, 0) is 9.05 Å². The number of hydrogen-bond donors (Lipinski definition) is 1. The molecule has 0 atom stereocenters. The molecule has 0 aliphatic heterocycles. The third-order valence-corrected chi connectivity index (χ3v) is 4.61. The van der Waals surface area contributed by atoms with Gasteiger partial charge in [-0.2, -0.15) is 0 Å². The highest BCUT2D eigenvalue weighted by atomic mass is 35.7. The predicted octanol–water partition coefficient (Wildman–Crippen LogP) is 2.42. The van der Waals surface area contributed by atoms with Crippen LogP contribution in [0.15, 0.2) is 17.0 Å². The van der Waals surface area contributed by atoms with Crippen molar-refractivity contribution in [3.8, 4) is 0 Å². The minimum Gasteiger partial charge on any atom is -0.352 e. The fraction of sp³-hybridized carbons (Fsp3) is 0.417. The zero-order chi connectivity index (χ0) is 14.9. The molecular formula is C12H12ClF2NO3S. The van der Waals surface area contributed by atoms with E-state index in [0.29, 0.717) is 24.6 Å². The molecule has 2 rings (SSSR count). The zero-order valence-corrected chi connectivity index (χ0v) is 11.9. The maximum atomic E-state index is 13.9. The van der Waals surface area contributed by atoms with E-state index in [1.807, 2.05) is 0 Å². The summed E-state index contributed by atoms with van der Waals surface area (Å²) in [6, 6.07) is 1.09. The van der Waals surface area contributed by atoms with Crippen LogP contribution in [0.5, 0.6) is 0 Å². The Bertz CT molecular complexity index is 644. The van der Waals surface area contributed by atoms with E-state index in [9.17, 15) is 22.0 Å². The molecule has 20 heavy (non-hydrogen) atoms. The fourth-order valence-electron chi connectivity index (χ4n) is 1.94. The largest absolute Gasteiger partial charge is 0.352 e. The molecule has 0 heterocycles. The number of nitrogens with one attached hydrogen (secondary N) is 1. The van der Waals surface area contributed by atoms with E-state index < -0.39 is 37.1 Å². The lowest BCUT2D eigenvalue weighted by Gasteiger charge is -2.25. The molecular weight excluding hydrogens is 312 g/mol. The minimum absolute atomic E-state index is 0.340. The summed E-state index contributed by atoms with van der Waals surface area (Å²) in [5.74, 6) is -2.89. The maximum Gasteiger partial charge on any atom is 0.264 e. The molecule has 0 saturated heterocycles. The minimum atomic E-state index is -4.46. The molecule has 0 bridgehead atoms. The monoisotopic (exact) mass is 323 g/mol.